The number of furan rings is 1. The highest BCUT2D eigenvalue weighted by Gasteiger charge is 2.23. The molecule has 0 saturated carbocycles. The summed E-state index contributed by atoms with van der Waals surface area (Å²) in [5.41, 5.74) is 10.3. The minimum atomic E-state index is 0.289. The van der Waals surface area contributed by atoms with Crippen LogP contribution in [0.15, 0.2) is 186 Å². The Bertz CT molecular complexity index is 2850. The van der Waals surface area contributed by atoms with Gasteiger partial charge in [-0.15, -0.1) is 0 Å². The summed E-state index contributed by atoms with van der Waals surface area (Å²) in [5, 5.41) is 4.56. The monoisotopic (exact) mass is 679 g/mol. The number of allylic oxidation sites excluding steroid dienone is 4. The Balaban J connectivity index is 1.14. The molecule has 0 spiro atoms. The average molecular weight is 680 g/mol. The van der Waals surface area contributed by atoms with Crippen molar-refractivity contribution in [3.8, 4) is 45.3 Å². The third-order valence-corrected chi connectivity index (χ3v) is 10.3. The molecule has 7 aromatic carbocycles. The smallest absolute Gasteiger partial charge is 0.165 e. The molecule has 0 N–H and O–H groups in total. The van der Waals surface area contributed by atoms with E-state index in [0.717, 1.165) is 61.7 Å². The van der Waals surface area contributed by atoms with Crippen LogP contribution >= 0.6 is 0 Å². The van der Waals surface area contributed by atoms with Crippen molar-refractivity contribution >= 4 is 38.3 Å². The molecule has 250 valence electrons. The first kappa shape index (κ1) is 30.9. The van der Waals surface area contributed by atoms with E-state index in [1.165, 1.54) is 21.9 Å². The maximum absolute atomic E-state index is 6.44. The van der Waals surface area contributed by atoms with Crippen LogP contribution < -0.4 is 0 Å². The van der Waals surface area contributed by atoms with Gasteiger partial charge >= 0.3 is 0 Å². The summed E-state index contributed by atoms with van der Waals surface area (Å²) in [7, 11) is 0. The van der Waals surface area contributed by atoms with E-state index in [2.05, 4.69) is 146 Å². The Morgan fingerprint density at radius 3 is 1.87 bits per heavy atom. The minimum Gasteiger partial charge on any atom is -0.456 e. The number of rotatable bonds is 6. The second-order valence-corrected chi connectivity index (χ2v) is 13.5. The van der Waals surface area contributed by atoms with Gasteiger partial charge in [0.25, 0.3) is 0 Å². The van der Waals surface area contributed by atoms with Gasteiger partial charge in [-0.05, 0) is 63.2 Å². The van der Waals surface area contributed by atoms with E-state index in [9.17, 15) is 0 Å². The van der Waals surface area contributed by atoms with Gasteiger partial charge in [0.15, 0.2) is 17.5 Å². The number of aromatic nitrogens is 3. The highest BCUT2D eigenvalue weighted by Crippen LogP contribution is 2.43. The van der Waals surface area contributed by atoms with E-state index in [1.54, 1.807) is 0 Å². The zero-order chi connectivity index (χ0) is 35.1. The predicted molar refractivity (Wildman–Crippen MR) is 217 cm³/mol. The Hall–Kier alpha value is -6.91. The molecule has 2 aromatic heterocycles. The second-order valence-electron chi connectivity index (χ2n) is 13.5. The number of para-hydroxylation sites is 1. The van der Waals surface area contributed by atoms with E-state index in [4.69, 9.17) is 19.4 Å². The Morgan fingerprint density at radius 2 is 1.11 bits per heavy atom. The normalized spacial score (nSPS) is 14.2. The van der Waals surface area contributed by atoms with Gasteiger partial charge in [-0.25, -0.2) is 15.0 Å². The molecule has 1 aliphatic rings. The Morgan fingerprint density at radius 1 is 0.491 bits per heavy atom. The van der Waals surface area contributed by atoms with Gasteiger partial charge in [0.1, 0.15) is 11.2 Å². The molecule has 10 rings (SSSR count). The van der Waals surface area contributed by atoms with Crippen LogP contribution in [0, 0.1) is 0 Å². The molecular formula is C49H33N3O. The van der Waals surface area contributed by atoms with Crippen molar-refractivity contribution < 1.29 is 4.42 Å². The zero-order valence-corrected chi connectivity index (χ0v) is 28.9. The number of nitrogens with zero attached hydrogens (tertiary/aromatic N) is 3. The first-order valence-corrected chi connectivity index (χ1v) is 18.0. The maximum Gasteiger partial charge on any atom is 0.165 e. The topological polar surface area (TPSA) is 51.8 Å². The molecular weight excluding hydrogens is 647 g/mol. The molecule has 53 heavy (non-hydrogen) atoms. The molecule has 0 amide bonds. The lowest BCUT2D eigenvalue weighted by Crippen LogP contribution is -2.03. The molecule has 0 fully saturated rings. The van der Waals surface area contributed by atoms with Crippen molar-refractivity contribution in [3.63, 3.8) is 0 Å². The summed E-state index contributed by atoms with van der Waals surface area (Å²) in [5.74, 6) is 2.14. The van der Waals surface area contributed by atoms with E-state index >= 15 is 0 Å². The zero-order valence-electron chi connectivity index (χ0n) is 28.9. The van der Waals surface area contributed by atoms with Crippen molar-refractivity contribution in [1.82, 2.24) is 15.0 Å². The van der Waals surface area contributed by atoms with Gasteiger partial charge in [-0.2, -0.15) is 0 Å². The molecule has 0 bridgehead atoms. The van der Waals surface area contributed by atoms with E-state index in [0.29, 0.717) is 17.5 Å². The molecule has 0 aliphatic heterocycles. The van der Waals surface area contributed by atoms with E-state index in [-0.39, 0.29) is 5.92 Å². The van der Waals surface area contributed by atoms with Gasteiger partial charge in [-0.1, -0.05) is 164 Å². The molecule has 4 nitrogen and oxygen atoms in total. The first-order valence-electron chi connectivity index (χ1n) is 18.0. The SMILES string of the molecule is C1=CC(c2ccc3ccccc3c2)CC=C1c1ccc2oc3ccccc3c2c1-c1nc(-c2ccccc2)nc(-c2ccc(-c3ccccc3)cc2)n1. The van der Waals surface area contributed by atoms with E-state index < -0.39 is 0 Å². The van der Waals surface area contributed by atoms with Crippen LogP contribution in [0.25, 0.3) is 83.6 Å². The highest BCUT2D eigenvalue weighted by atomic mass is 16.3. The van der Waals surface area contributed by atoms with Crippen molar-refractivity contribution in [2.75, 3.05) is 0 Å². The lowest BCUT2D eigenvalue weighted by molar-refractivity contribution is 0.669. The molecule has 9 aromatic rings. The van der Waals surface area contributed by atoms with Crippen molar-refractivity contribution in [3.05, 3.63) is 193 Å². The summed E-state index contributed by atoms with van der Waals surface area (Å²) in [6.07, 6.45) is 7.84. The summed E-state index contributed by atoms with van der Waals surface area (Å²) in [6.45, 7) is 0. The fourth-order valence-corrected chi connectivity index (χ4v) is 7.57. The fourth-order valence-electron chi connectivity index (χ4n) is 7.57. The van der Waals surface area contributed by atoms with Crippen LogP contribution in [0.1, 0.15) is 23.5 Å². The second kappa shape index (κ2) is 13.0. The van der Waals surface area contributed by atoms with Crippen LogP contribution in [0.2, 0.25) is 0 Å². The summed E-state index contributed by atoms with van der Waals surface area (Å²) < 4.78 is 6.44. The van der Waals surface area contributed by atoms with Crippen LogP contribution in [-0.4, -0.2) is 15.0 Å². The molecule has 0 radical (unpaired) electrons. The van der Waals surface area contributed by atoms with Crippen LogP contribution in [0.5, 0.6) is 0 Å². The number of benzene rings is 7. The van der Waals surface area contributed by atoms with Gasteiger partial charge in [0.2, 0.25) is 0 Å². The standard InChI is InChI=1S/C49H33N3O/c1-3-11-32(12-4-1)34-21-26-38(27-22-34)48-50-47(37-14-5-2-6-15-37)51-49(52-48)46-41(29-30-44-45(46)42-17-9-10-18-43(42)53-44)36-24-19-35(20-25-36)40-28-23-33-13-7-8-16-39(33)31-40/h1-19,21-31,35H,20H2. The maximum atomic E-state index is 6.44. The molecule has 4 heteroatoms. The summed E-state index contributed by atoms with van der Waals surface area (Å²) in [6, 6.07) is 56.9. The Kier molecular flexibility index (Phi) is 7.58. The van der Waals surface area contributed by atoms with Gasteiger partial charge < -0.3 is 4.42 Å². The highest BCUT2D eigenvalue weighted by molar-refractivity contribution is 6.14. The first-order chi connectivity index (χ1) is 26.2. The lowest BCUT2D eigenvalue weighted by atomic mass is 9.85. The lowest BCUT2D eigenvalue weighted by Gasteiger charge is -2.19. The number of fused-ring (bicyclic) bond motifs is 4. The average Bonchev–Trinajstić information content (AvgIpc) is 3.63. The Labute approximate surface area is 307 Å². The van der Waals surface area contributed by atoms with Crippen LogP contribution in [0.4, 0.5) is 0 Å². The molecule has 1 unspecified atom stereocenters. The fraction of sp³-hybridized carbons (Fsp3) is 0.0408. The van der Waals surface area contributed by atoms with Crippen LogP contribution in [-0.2, 0) is 0 Å². The van der Waals surface area contributed by atoms with Crippen molar-refractivity contribution in [2.24, 2.45) is 0 Å². The third kappa shape index (κ3) is 5.71. The molecule has 2 heterocycles. The largest absolute Gasteiger partial charge is 0.456 e. The number of hydrogen-bond acceptors (Lipinski definition) is 4. The molecule has 1 atom stereocenters. The van der Waals surface area contributed by atoms with Gasteiger partial charge in [0, 0.05) is 33.4 Å². The van der Waals surface area contributed by atoms with Crippen molar-refractivity contribution in [2.45, 2.75) is 12.3 Å². The number of hydrogen-bond donors (Lipinski definition) is 0. The van der Waals surface area contributed by atoms with Crippen molar-refractivity contribution in [1.29, 1.82) is 0 Å². The molecule has 0 saturated heterocycles. The quantitative estimate of drug-likeness (QED) is 0.175. The minimum absolute atomic E-state index is 0.289. The van der Waals surface area contributed by atoms with Gasteiger partial charge in [0.05, 0.1) is 0 Å². The third-order valence-electron chi connectivity index (χ3n) is 10.3. The van der Waals surface area contributed by atoms with Gasteiger partial charge in [-0.3, -0.25) is 0 Å². The summed E-state index contributed by atoms with van der Waals surface area (Å²) >= 11 is 0. The summed E-state index contributed by atoms with van der Waals surface area (Å²) in [4.78, 5) is 15.6. The van der Waals surface area contributed by atoms with E-state index in [1.807, 2.05) is 36.4 Å². The predicted octanol–water partition coefficient (Wildman–Crippen LogP) is 12.7. The molecule has 1 aliphatic carbocycles. The van der Waals surface area contributed by atoms with Crippen LogP contribution in [0.3, 0.4) is 0 Å².